The van der Waals surface area contributed by atoms with E-state index in [0.717, 1.165) is 6.07 Å². The molecule has 0 bridgehead atoms. The molecule has 0 aromatic heterocycles. The Morgan fingerprint density at radius 1 is 1.23 bits per heavy atom. The maximum atomic E-state index is 12.8. The number of nitrogens with two attached hydrogens (primary N) is 1. The lowest BCUT2D eigenvalue weighted by molar-refractivity contribution is 0.426. The molecule has 5 heteroatoms. The average Bonchev–Trinajstić information content (AvgIpc) is 2.01. The summed E-state index contributed by atoms with van der Waals surface area (Å²) in [6, 6.07) is 1.71. The van der Waals surface area contributed by atoms with Crippen molar-refractivity contribution in [2.75, 3.05) is 6.54 Å². The van der Waals surface area contributed by atoms with Gasteiger partial charge in [-0.1, -0.05) is 0 Å². The van der Waals surface area contributed by atoms with Crippen LogP contribution in [0.5, 0.6) is 5.75 Å². The zero-order valence-corrected chi connectivity index (χ0v) is 7.57. The lowest BCUT2D eigenvalue weighted by atomic mass is 10.1. The Labute approximate surface area is 80.8 Å². The number of benzene rings is 1. The molecular weight excluding hydrogens is 200 g/mol. The Kier molecular flexibility index (Phi) is 4.66. The zero-order valence-electron chi connectivity index (χ0n) is 6.76. The van der Waals surface area contributed by atoms with Crippen molar-refractivity contribution in [3.63, 3.8) is 0 Å². The van der Waals surface area contributed by atoms with Crippen LogP contribution in [0.2, 0.25) is 0 Å². The summed E-state index contributed by atoms with van der Waals surface area (Å²) < 4.78 is 25.3. The second-order valence-corrected chi connectivity index (χ2v) is 2.43. The Hall–Kier alpha value is -0.870. The number of phenolic OH excluding ortho intramolecular Hbond substituents is 1. The fourth-order valence-corrected chi connectivity index (χ4v) is 0.928. The zero-order chi connectivity index (χ0) is 9.14. The molecule has 0 heterocycles. The summed E-state index contributed by atoms with van der Waals surface area (Å²) in [6.07, 6.45) is 0.291. The van der Waals surface area contributed by atoms with Gasteiger partial charge in [0.1, 0.15) is 5.82 Å². The van der Waals surface area contributed by atoms with Crippen LogP contribution in [-0.2, 0) is 6.42 Å². The predicted octanol–water partition coefficient (Wildman–Crippen LogP) is 1.59. The van der Waals surface area contributed by atoms with Crippen LogP contribution in [0.1, 0.15) is 5.56 Å². The number of hydrogen-bond donors (Lipinski definition) is 2. The maximum absolute atomic E-state index is 12.8. The molecule has 1 aromatic carbocycles. The van der Waals surface area contributed by atoms with Gasteiger partial charge in [0, 0.05) is 6.07 Å². The minimum absolute atomic E-state index is 0. The molecule has 0 aliphatic heterocycles. The highest BCUT2D eigenvalue weighted by atomic mass is 35.5. The monoisotopic (exact) mass is 209 g/mol. The Morgan fingerprint density at radius 2 is 1.85 bits per heavy atom. The fourth-order valence-electron chi connectivity index (χ4n) is 0.928. The molecule has 0 saturated carbocycles. The molecule has 1 rings (SSSR count). The summed E-state index contributed by atoms with van der Waals surface area (Å²) in [4.78, 5) is 0. The Bertz CT molecular complexity index is 294. The number of aromatic hydroxyl groups is 1. The number of hydrogen-bond acceptors (Lipinski definition) is 2. The van der Waals surface area contributed by atoms with E-state index in [1.165, 1.54) is 0 Å². The first-order valence-electron chi connectivity index (χ1n) is 3.52. The highest BCUT2D eigenvalue weighted by Crippen LogP contribution is 2.19. The van der Waals surface area contributed by atoms with E-state index in [1.54, 1.807) is 0 Å². The van der Waals surface area contributed by atoms with Gasteiger partial charge in [-0.15, -0.1) is 12.4 Å². The molecule has 74 valence electrons. The van der Waals surface area contributed by atoms with Gasteiger partial charge >= 0.3 is 0 Å². The highest BCUT2D eigenvalue weighted by Gasteiger charge is 2.07. The van der Waals surface area contributed by atoms with Gasteiger partial charge in [-0.3, -0.25) is 0 Å². The minimum atomic E-state index is -0.951. The largest absolute Gasteiger partial charge is 0.505 e. The van der Waals surface area contributed by atoms with Crippen LogP contribution in [0, 0.1) is 11.6 Å². The molecule has 0 fully saturated rings. The van der Waals surface area contributed by atoms with Gasteiger partial charge in [0.15, 0.2) is 11.6 Å². The van der Waals surface area contributed by atoms with Gasteiger partial charge in [0.05, 0.1) is 0 Å². The first kappa shape index (κ1) is 12.1. The molecular formula is C8H10ClF2NO. The number of rotatable bonds is 2. The predicted molar refractivity (Wildman–Crippen MR) is 48.0 cm³/mol. The normalized spacial score (nSPS) is 9.46. The van der Waals surface area contributed by atoms with E-state index in [1.807, 2.05) is 0 Å². The van der Waals surface area contributed by atoms with Crippen LogP contribution in [0.4, 0.5) is 8.78 Å². The second-order valence-electron chi connectivity index (χ2n) is 2.43. The van der Waals surface area contributed by atoms with Gasteiger partial charge in [-0.05, 0) is 24.6 Å². The number of phenols is 1. The van der Waals surface area contributed by atoms with Crippen LogP contribution >= 0.6 is 12.4 Å². The van der Waals surface area contributed by atoms with Gasteiger partial charge in [0.25, 0.3) is 0 Å². The van der Waals surface area contributed by atoms with Crippen molar-refractivity contribution in [2.45, 2.75) is 6.42 Å². The Balaban J connectivity index is 0.00000144. The van der Waals surface area contributed by atoms with Crippen molar-refractivity contribution in [1.29, 1.82) is 0 Å². The van der Waals surface area contributed by atoms with E-state index in [4.69, 9.17) is 10.8 Å². The van der Waals surface area contributed by atoms with E-state index >= 15 is 0 Å². The van der Waals surface area contributed by atoms with Crippen molar-refractivity contribution in [2.24, 2.45) is 5.73 Å². The highest BCUT2D eigenvalue weighted by molar-refractivity contribution is 5.85. The quantitative estimate of drug-likeness (QED) is 0.777. The molecule has 0 saturated heterocycles. The molecule has 0 amide bonds. The third-order valence-electron chi connectivity index (χ3n) is 1.53. The minimum Gasteiger partial charge on any atom is -0.505 e. The van der Waals surface area contributed by atoms with Crippen LogP contribution in [-0.4, -0.2) is 11.7 Å². The van der Waals surface area contributed by atoms with Crippen molar-refractivity contribution in [1.82, 2.24) is 0 Å². The van der Waals surface area contributed by atoms with Gasteiger partial charge in [-0.2, -0.15) is 0 Å². The van der Waals surface area contributed by atoms with E-state index in [-0.39, 0.29) is 24.5 Å². The SMILES string of the molecule is Cl.NCCc1cc(O)c(F)cc1F. The van der Waals surface area contributed by atoms with Crippen molar-refractivity contribution < 1.29 is 13.9 Å². The molecule has 13 heavy (non-hydrogen) atoms. The first-order valence-corrected chi connectivity index (χ1v) is 3.52. The topological polar surface area (TPSA) is 46.2 Å². The van der Waals surface area contributed by atoms with E-state index in [9.17, 15) is 8.78 Å². The lowest BCUT2D eigenvalue weighted by Crippen LogP contribution is -2.04. The number of halogens is 3. The van der Waals surface area contributed by atoms with Crippen molar-refractivity contribution in [3.05, 3.63) is 29.3 Å². The third-order valence-corrected chi connectivity index (χ3v) is 1.53. The van der Waals surface area contributed by atoms with Gasteiger partial charge in [0.2, 0.25) is 0 Å². The van der Waals surface area contributed by atoms with Crippen LogP contribution in [0.15, 0.2) is 12.1 Å². The van der Waals surface area contributed by atoms with E-state index in [0.29, 0.717) is 12.5 Å². The maximum Gasteiger partial charge on any atom is 0.167 e. The van der Waals surface area contributed by atoms with Crippen LogP contribution < -0.4 is 5.73 Å². The molecule has 3 N–H and O–H groups in total. The molecule has 1 aromatic rings. The first-order chi connectivity index (χ1) is 5.65. The second kappa shape index (κ2) is 4.99. The molecule has 0 aliphatic rings. The summed E-state index contributed by atoms with van der Waals surface area (Å²) in [7, 11) is 0. The van der Waals surface area contributed by atoms with E-state index in [2.05, 4.69) is 0 Å². The van der Waals surface area contributed by atoms with E-state index < -0.39 is 17.4 Å². The molecule has 0 unspecified atom stereocenters. The third kappa shape index (κ3) is 2.82. The summed E-state index contributed by atoms with van der Waals surface area (Å²) in [5.41, 5.74) is 5.41. The lowest BCUT2D eigenvalue weighted by Gasteiger charge is -2.02. The molecule has 2 nitrogen and oxygen atoms in total. The van der Waals surface area contributed by atoms with Crippen molar-refractivity contribution in [3.8, 4) is 5.75 Å². The summed E-state index contributed by atoms with van der Waals surface area (Å²) in [6.45, 7) is 0.266. The van der Waals surface area contributed by atoms with Crippen molar-refractivity contribution >= 4 is 12.4 Å². The molecule has 0 radical (unpaired) electrons. The van der Waals surface area contributed by atoms with Gasteiger partial charge in [-0.25, -0.2) is 8.78 Å². The molecule has 0 atom stereocenters. The standard InChI is InChI=1S/C8H9F2NO.ClH/c9-6-4-7(10)8(12)3-5(6)1-2-11;/h3-4,12H,1-2,11H2;1H. The van der Waals surface area contributed by atoms with Crippen LogP contribution in [0.3, 0.4) is 0 Å². The fraction of sp³-hybridized carbons (Fsp3) is 0.250. The van der Waals surface area contributed by atoms with Gasteiger partial charge < -0.3 is 10.8 Å². The smallest absolute Gasteiger partial charge is 0.167 e. The summed E-state index contributed by atoms with van der Waals surface area (Å²) in [5.74, 6) is -2.16. The molecule has 0 aliphatic carbocycles. The molecule has 0 spiro atoms. The average molecular weight is 210 g/mol. The summed E-state index contributed by atoms with van der Waals surface area (Å²) >= 11 is 0. The van der Waals surface area contributed by atoms with Crippen LogP contribution in [0.25, 0.3) is 0 Å². The summed E-state index contributed by atoms with van der Waals surface area (Å²) in [5, 5.41) is 8.87. The Morgan fingerprint density at radius 3 is 2.38 bits per heavy atom.